The molecule has 0 unspecified atom stereocenters. The summed E-state index contributed by atoms with van der Waals surface area (Å²) in [5.41, 5.74) is 1.61. The maximum atomic E-state index is 10.7. The Morgan fingerprint density at radius 1 is 1.24 bits per heavy atom. The maximum absolute atomic E-state index is 10.7. The lowest BCUT2D eigenvalue weighted by atomic mass is 10.0. The van der Waals surface area contributed by atoms with Crippen LogP contribution < -0.4 is 0 Å². The Bertz CT molecular complexity index is 429. The van der Waals surface area contributed by atoms with Gasteiger partial charge in [0.1, 0.15) is 0 Å². The van der Waals surface area contributed by atoms with E-state index < -0.39 is 11.9 Å². The molecule has 0 fully saturated rings. The number of hydrogen-bond acceptors (Lipinski definition) is 3. The molecule has 92 valence electrons. The van der Waals surface area contributed by atoms with Gasteiger partial charge < -0.3 is 10.2 Å². The minimum Gasteiger partial charge on any atom is -0.481 e. The highest BCUT2D eigenvalue weighted by Gasteiger charge is 2.08. The van der Waals surface area contributed by atoms with E-state index in [2.05, 4.69) is 0 Å². The Balaban J connectivity index is 2.87. The quantitative estimate of drug-likeness (QED) is 0.760. The Morgan fingerprint density at radius 2 is 1.94 bits per heavy atom. The number of carboxylic acid groups (broad SMARTS) is 2. The normalized spacial score (nSPS) is 10.2. The van der Waals surface area contributed by atoms with Gasteiger partial charge in [-0.25, -0.2) is 0 Å². The van der Waals surface area contributed by atoms with Crippen LogP contribution in [-0.2, 0) is 22.4 Å². The minimum atomic E-state index is -0.879. The third-order valence-electron chi connectivity index (χ3n) is 2.31. The third kappa shape index (κ3) is 4.48. The average molecular weight is 254 g/mol. The molecule has 2 N–H and O–H groups in total. The second kappa shape index (κ2) is 6.30. The van der Waals surface area contributed by atoms with Gasteiger partial charge in [-0.15, -0.1) is 11.8 Å². The van der Waals surface area contributed by atoms with Crippen molar-refractivity contribution >= 4 is 23.7 Å². The van der Waals surface area contributed by atoms with E-state index in [0.29, 0.717) is 6.42 Å². The smallest absolute Gasteiger partial charge is 0.307 e. The van der Waals surface area contributed by atoms with E-state index in [1.165, 1.54) is 11.8 Å². The molecule has 0 aromatic heterocycles. The Hall–Kier alpha value is -1.49. The fourth-order valence-electron chi connectivity index (χ4n) is 1.54. The van der Waals surface area contributed by atoms with Crippen LogP contribution in [0.4, 0.5) is 0 Å². The lowest BCUT2D eigenvalue weighted by Gasteiger charge is -2.07. The molecule has 5 heteroatoms. The molecule has 0 bridgehead atoms. The fraction of sp³-hybridized carbons (Fsp3) is 0.333. The van der Waals surface area contributed by atoms with Gasteiger partial charge in [0, 0.05) is 11.3 Å². The van der Waals surface area contributed by atoms with E-state index in [4.69, 9.17) is 10.2 Å². The molecule has 17 heavy (non-hydrogen) atoms. The summed E-state index contributed by atoms with van der Waals surface area (Å²) < 4.78 is 0. The highest BCUT2D eigenvalue weighted by molar-refractivity contribution is 7.98. The molecule has 0 saturated heterocycles. The van der Waals surface area contributed by atoms with Crippen LogP contribution in [-0.4, -0.2) is 28.4 Å². The first kappa shape index (κ1) is 13.6. The summed E-state index contributed by atoms with van der Waals surface area (Å²) in [6.45, 7) is 0. The third-order valence-corrected chi connectivity index (χ3v) is 3.15. The summed E-state index contributed by atoms with van der Waals surface area (Å²) in [6.07, 6.45) is 2.34. The van der Waals surface area contributed by atoms with Gasteiger partial charge in [-0.3, -0.25) is 9.59 Å². The molecular weight excluding hydrogens is 240 g/mol. The van der Waals surface area contributed by atoms with Crippen molar-refractivity contribution in [3.05, 3.63) is 29.3 Å². The maximum Gasteiger partial charge on any atom is 0.307 e. The zero-order valence-corrected chi connectivity index (χ0v) is 10.3. The number of carbonyl (C=O) groups is 2. The van der Waals surface area contributed by atoms with Gasteiger partial charge in [-0.05, 0) is 29.9 Å². The largest absolute Gasteiger partial charge is 0.481 e. The number of aliphatic carboxylic acids is 2. The highest BCUT2D eigenvalue weighted by atomic mass is 32.2. The summed E-state index contributed by atoms with van der Waals surface area (Å²) >= 11 is 1.49. The molecule has 0 radical (unpaired) electrons. The highest BCUT2D eigenvalue weighted by Crippen LogP contribution is 2.22. The van der Waals surface area contributed by atoms with Crippen LogP contribution in [0.1, 0.15) is 17.5 Å². The van der Waals surface area contributed by atoms with E-state index in [9.17, 15) is 9.59 Å². The predicted molar refractivity (Wildman–Crippen MR) is 65.5 cm³/mol. The number of carboxylic acids is 2. The van der Waals surface area contributed by atoms with Gasteiger partial charge in [0.2, 0.25) is 0 Å². The molecule has 0 aliphatic rings. The van der Waals surface area contributed by atoms with Crippen molar-refractivity contribution in [3.63, 3.8) is 0 Å². The van der Waals surface area contributed by atoms with Gasteiger partial charge in [-0.2, -0.15) is 0 Å². The molecule has 1 rings (SSSR count). The number of rotatable bonds is 6. The lowest BCUT2D eigenvalue weighted by Crippen LogP contribution is -2.03. The number of hydrogen-bond donors (Lipinski definition) is 2. The van der Waals surface area contributed by atoms with Gasteiger partial charge >= 0.3 is 11.9 Å². The van der Waals surface area contributed by atoms with Crippen molar-refractivity contribution in [3.8, 4) is 0 Å². The molecule has 0 heterocycles. The van der Waals surface area contributed by atoms with Crippen molar-refractivity contribution in [2.24, 2.45) is 0 Å². The second-order valence-electron chi connectivity index (χ2n) is 3.61. The second-order valence-corrected chi connectivity index (χ2v) is 4.46. The van der Waals surface area contributed by atoms with Crippen LogP contribution in [0.15, 0.2) is 23.1 Å². The lowest BCUT2D eigenvalue weighted by molar-refractivity contribution is -0.137. The van der Waals surface area contributed by atoms with Crippen LogP contribution in [0.5, 0.6) is 0 Å². The molecule has 4 nitrogen and oxygen atoms in total. The summed E-state index contributed by atoms with van der Waals surface area (Å²) in [6, 6.07) is 5.48. The van der Waals surface area contributed by atoms with Crippen LogP contribution in [0.2, 0.25) is 0 Å². The van der Waals surface area contributed by atoms with Crippen LogP contribution in [0, 0.1) is 0 Å². The number of thioether (sulfide) groups is 1. The first-order valence-corrected chi connectivity index (χ1v) is 6.34. The van der Waals surface area contributed by atoms with Crippen molar-refractivity contribution < 1.29 is 19.8 Å². The van der Waals surface area contributed by atoms with Gasteiger partial charge in [0.25, 0.3) is 0 Å². The Morgan fingerprint density at radius 3 is 2.47 bits per heavy atom. The first-order valence-electron chi connectivity index (χ1n) is 5.12. The zero-order chi connectivity index (χ0) is 12.8. The van der Waals surface area contributed by atoms with Crippen molar-refractivity contribution in [2.75, 3.05) is 6.26 Å². The summed E-state index contributed by atoms with van der Waals surface area (Å²) in [4.78, 5) is 22.1. The van der Waals surface area contributed by atoms with Crippen LogP contribution >= 0.6 is 11.8 Å². The van der Waals surface area contributed by atoms with E-state index in [0.717, 1.165) is 16.0 Å². The molecule has 1 aromatic rings. The molecule has 1 aromatic carbocycles. The summed E-state index contributed by atoms with van der Waals surface area (Å²) in [5.74, 6) is -1.73. The standard InChI is InChI=1S/C12H14O4S/c1-17-10-4-2-8(3-5-11(13)14)6-9(10)7-12(15)16/h2,4,6H,3,5,7H2,1H3,(H,13,14)(H,15,16). The van der Waals surface area contributed by atoms with Gasteiger partial charge in [0.05, 0.1) is 6.42 Å². The van der Waals surface area contributed by atoms with Gasteiger partial charge in [-0.1, -0.05) is 12.1 Å². The summed E-state index contributed by atoms with van der Waals surface area (Å²) in [5, 5.41) is 17.4. The number of aryl methyl sites for hydroxylation is 1. The fourth-order valence-corrected chi connectivity index (χ4v) is 2.14. The molecule has 0 atom stereocenters. The van der Waals surface area contributed by atoms with Crippen molar-refractivity contribution in [1.29, 1.82) is 0 Å². The Kier molecular flexibility index (Phi) is 5.03. The first-order chi connectivity index (χ1) is 8.02. The van der Waals surface area contributed by atoms with Gasteiger partial charge in [0.15, 0.2) is 0 Å². The average Bonchev–Trinajstić information content (AvgIpc) is 2.25. The number of benzene rings is 1. The monoisotopic (exact) mass is 254 g/mol. The van der Waals surface area contributed by atoms with Crippen LogP contribution in [0.3, 0.4) is 0 Å². The molecule has 0 saturated carbocycles. The van der Waals surface area contributed by atoms with E-state index in [1.807, 2.05) is 18.4 Å². The molecule has 0 spiro atoms. The molecule has 0 aliphatic carbocycles. The predicted octanol–water partition coefficient (Wildman–Crippen LogP) is 2.05. The zero-order valence-electron chi connectivity index (χ0n) is 9.47. The van der Waals surface area contributed by atoms with E-state index in [1.54, 1.807) is 6.07 Å². The SMILES string of the molecule is CSc1ccc(CCC(=O)O)cc1CC(=O)O. The minimum absolute atomic E-state index is 0.0307. The van der Waals surface area contributed by atoms with Crippen molar-refractivity contribution in [2.45, 2.75) is 24.2 Å². The molecular formula is C12H14O4S. The topological polar surface area (TPSA) is 74.6 Å². The molecule has 0 amide bonds. The molecule has 0 aliphatic heterocycles. The summed E-state index contributed by atoms with van der Waals surface area (Å²) in [7, 11) is 0. The Labute approximate surface area is 104 Å². The van der Waals surface area contributed by atoms with Crippen molar-refractivity contribution in [1.82, 2.24) is 0 Å². The van der Waals surface area contributed by atoms with E-state index >= 15 is 0 Å². The van der Waals surface area contributed by atoms with E-state index in [-0.39, 0.29) is 12.8 Å². The van der Waals surface area contributed by atoms with Crippen LogP contribution in [0.25, 0.3) is 0 Å².